The van der Waals surface area contributed by atoms with Gasteiger partial charge in [-0.25, -0.2) is 4.79 Å². The molecule has 0 radical (unpaired) electrons. The molecule has 12 heavy (non-hydrogen) atoms. The van der Waals surface area contributed by atoms with Gasteiger partial charge in [0.25, 0.3) is 0 Å². The molecule has 0 amide bonds. The van der Waals surface area contributed by atoms with E-state index in [9.17, 15) is 14.7 Å². The van der Waals surface area contributed by atoms with Crippen LogP contribution >= 0.6 is 0 Å². The average Bonchev–Trinajstić information content (AvgIpc) is 2.03. The number of esters is 1. The van der Waals surface area contributed by atoms with Crippen molar-refractivity contribution in [3.8, 4) is 0 Å². The normalized spacial score (nSPS) is 14.9. The van der Waals surface area contributed by atoms with E-state index in [0.717, 1.165) is 14.0 Å². The number of ether oxygens (including phenoxy) is 2. The molecule has 5 heteroatoms. The second-order valence-corrected chi connectivity index (χ2v) is 2.25. The van der Waals surface area contributed by atoms with Crippen LogP contribution in [0.5, 0.6) is 0 Å². The lowest BCUT2D eigenvalue weighted by atomic mass is 10.1. The van der Waals surface area contributed by atoms with Gasteiger partial charge < -0.3 is 19.4 Å². The molecule has 0 spiro atoms. The number of carbonyl (C=O) groups excluding carboxylic acids is 2. The number of rotatable bonds is 4. The zero-order valence-electron chi connectivity index (χ0n) is 7.25. The highest BCUT2D eigenvalue weighted by Crippen LogP contribution is 2.09. The number of carbonyl (C=O) groups is 2. The van der Waals surface area contributed by atoms with Gasteiger partial charge in [0, 0.05) is 7.11 Å². The SMILES string of the molecule is CCOC(=O)C(C)(OC)C(=O)[O-]. The van der Waals surface area contributed by atoms with Crippen molar-refractivity contribution >= 4 is 11.9 Å². The van der Waals surface area contributed by atoms with Crippen molar-refractivity contribution in [3.63, 3.8) is 0 Å². The number of hydrogen-bond donors (Lipinski definition) is 0. The third-order valence-electron chi connectivity index (χ3n) is 1.46. The van der Waals surface area contributed by atoms with E-state index in [1.165, 1.54) is 0 Å². The molecule has 0 aliphatic carbocycles. The standard InChI is InChI=1S/C7H12O5/c1-4-12-6(10)7(2,11-3)5(8)9/h4H2,1-3H3,(H,8,9)/p-1. The molecule has 1 unspecified atom stereocenters. The molecule has 0 aliphatic rings. The fourth-order valence-corrected chi connectivity index (χ4v) is 0.519. The Bertz CT molecular complexity index is 188. The Labute approximate surface area is 70.3 Å². The summed E-state index contributed by atoms with van der Waals surface area (Å²) in [5.41, 5.74) is -2.00. The second kappa shape index (κ2) is 4.06. The van der Waals surface area contributed by atoms with Gasteiger partial charge in [-0.05, 0) is 13.8 Å². The molecule has 0 aliphatic heterocycles. The largest absolute Gasteiger partial charge is 0.546 e. The van der Waals surface area contributed by atoms with Crippen LogP contribution in [0.25, 0.3) is 0 Å². The highest BCUT2D eigenvalue weighted by atomic mass is 16.6. The van der Waals surface area contributed by atoms with Crippen LogP contribution in [0.1, 0.15) is 13.8 Å². The molecule has 0 bridgehead atoms. The summed E-state index contributed by atoms with van der Waals surface area (Å²) in [4.78, 5) is 21.4. The van der Waals surface area contributed by atoms with Crippen molar-refractivity contribution < 1.29 is 24.2 Å². The van der Waals surface area contributed by atoms with Crippen LogP contribution in [0.2, 0.25) is 0 Å². The summed E-state index contributed by atoms with van der Waals surface area (Å²) in [6.07, 6.45) is 0. The van der Waals surface area contributed by atoms with Gasteiger partial charge in [-0.3, -0.25) is 0 Å². The number of aliphatic carboxylic acids is 1. The maximum atomic E-state index is 11.0. The molecule has 0 aromatic rings. The van der Waals surface area contributed by atoms with E-state index >= 15 is 0 Å². The van der Waals surface area contributed by atoms with Crippen LogP contribution in [-0.4, -0.2) is 31.3 Å². The Morgan fingerprint density at radius 3 is 2.25 bits per heavy atom. The lowest BCUT2D eigenvalue weighted by Gasteiger charge is -2.25. The molecule has 0 rings (SSSR count). The number of carboxylic acid groups (broad SMARTS) is 1. The summed E-state index contributed by atoms with van der Waals surface area (Å²) in [5.74, 6) is -2.56. The molecule has 0 saturated carbocycles. The third kappa shape index (κ3) is 1.94. The first-order chi connectivity index (χ1) is 5.49. The summed E-state index contributed by atoms with van der Waals surface area (Å²) in [6.45, 7) is 2.76. The Morgan fingerprint density at radius 2 is 2.00 bits per heavy atom. The first kappa shape index (κ1) is 10.9. The topological polar surface area (TPSA) is 75.7 Å². The zero-order valence-corrected chi connectivity index (χ0v) is 7.25. The minimum absolute atomic E-state index is 0.102. The van der Waals surface area contributed by atoms with Crippen LogP contribution in [0.3, 0.4) is 0 Å². The van der Waals surface area contributed by atoms with Gasteiger partial charge in [-0.2, -0.15) is 0 Å². The van der Waals surface area contributed by atoms with Crippen molar-refractivity contribution in [3.05, 3.63) is 0 Å². The Morgan fingerprint density at radius 1 is 1.50 bits per heavy atom. The summed E-state index contributed by atoms with van der Waals surface area (Å²) in [5, 5.41) is 10.4. The molecule has 0 fully saturated rings. The number of carboxylic acids is 1. The molecule has 5 nitrogen and oxygen atoms in total. The van der Waals surface area contributed by atoms with Crippen molar-refractivity contribution in [2.75, 3.05) is 13.7 Å². The predicted molar refractivity (Wildman–Crippen MR) is 37.1 cm³/mol. The van der Waals surface area contributed by atoms with E-state index in [1.807, 2.05) is 0 Å². The maximum absolute atomic E-state index is 11.0. The van der Waals surface area contributed by atoms with Crippen molar-refractivity contribution in [1.82, 2.24) is 0 Å². The van der Waals surface area contributed by atoms with Gasteiger partial charge >= 0.3 is 5.97 Å². The van der Waals surface area contributed by atoms with Crippen LogP contribution in [-0.2, 0) is 19.1 Å². The van der Waals surface area contributed by atoms with E-state index in [-0.39, 0.29) is 6.61 Å². The molecule has 70 valence electrons. The zero-order chi connectivity index (χ0) is 9.78. The monoisotopic (exact) mass is 175 g/mol. The number of methoxy groups -OCH3 is 1. The van der Waals surface area contributed by atoms with Gasteiger partial charge in [0.15, 0.2) is 0 Å². The predicted octanol–water partition coefficient (Wildman–Crippen LogP) is -1.30. The first-order valence-corrected chi connectivity index (χ1v) is 3.42. The molecule has 0 N–H and O–H groups in total. The Hall–Kier alpha value is -1.10. The van der Waals surface area contributed by atoms with Crippen molar-refractivity contribution in [2.45, 2.75) is 19.4 Å². The third-order valence-corrected chi connectivity index (χ3v) is 1.46. The van der Waals surface area contributed by atoms with Crippen LogP contribution in [0, 0.1) is 0 Å². The van der Waals surface area contributed by atoms with E-state index in [4.69, 9.17) is 0 Å². The summed E-state index contributed by atoms with van der Waals surface area (Å²) >= 11 is 0. The average molecular weight is 175 g/mol. The summed E-state index contributed by atoms with van der Waals surface area (Å²) in [7, 11) is 1.10. The van der Waals surface area contributed by atoms with E-state index in [0.29, 0.717) is 0 Å². The van der Waals surface area contributed by atoms with Gasteiger partial charge in [-0.15, -0.1) is 0 Å². The molecular weight excluding hydrogens is 164 g/mol. The minimum Gasteiger partial charge on any atom is -0.546 e. The fourth-order valence-electron chi connectivity index (χ4n) is 0.519. The smallest absolute Gasteiger partial charge is 0.344 e. The van der Waals surface area contributed by atoms with Gasteiger partial charge in [0.05, 0.1) is 12.6 Å². The summed E-state index contributed by atoms with van der Waals surface area (Å²) in [6, 6.07) is 0. The Balaban J connectivity index is 4.52. The highest BCUT2D eigenvalue weighted by molar-refractivity contribution is 6.01. The van der Waals surface area contributed by atoms with Crippen LogP contribution in [0.4, 0.5) is 0 Å². The lowest BCUT2D eigenvalue weighted by Crippen LogP contribution is -2.54. The molecular formula is C7H11O5-. The van der Waals surface area contributed by atoms with Gasteiger partial charge in [-0.1, -0.05) is 0 Å². The van der Waals surface area contributed by atoms with Gasteiger partial charge in [0.1, 0.15) is 0 Å². The molecule has 0 saturated heterocycles. The van der Waals surface area contributed by atoms with Crippen LogP contribution < -0.4 is 5.11 Å². The fraction of sp³-hybridized carbons (Fsp3) is 0.714. The van der Waals surface area contributed by atoms with E-state index in [1.54, 1.807) is 6.92 Å². The van der Waals surface area contributed by atoms with Gasteiger partial charge in [0.2, 0.25) is 5.60 Å². The van der Waals surface area contributed by atoms with E-state index in [2.05, 4.69) is 9.47 Å². The summed E-state index contributed by atoms with van der Waals surface area (Å²) < 4.78 is 8.95. The highest BCUT2D eigenvalue weighted by Gasteiger charge is 2.36. The molecule has 0 aromatic carbocycles. The van der Waals surface area contributed by atoms with Crippen molar-refractivity contribution in [2.24, 2.45) is 0 Å². The first-order valence-electron chi connectivity index (χ1n) is 3.42. The second-order valence-electron chi connectivity index (χ2n) is 2.25. The van der Waals surface area contributed by atoms with Crippen LogP contribution in [0.15, 0.2) is 0 Å². The maximum Gasteiger partial charge on any atom is 0.344 e. The van der Waals surface area contributed by atoms with E-state index < -0.39 is 17.5 Å². The Kier molecular flexibility index (Phi) is 3.69. The minimum atomic E-state index is -2.00. The number of hydrogen-bond acceptors (Lipinski definition) is 5. The molecule has 0 aromatic heterocycles. The quantitative estimate of drug-likeness (QED) is 0.392. The van der Waals surface area contributed by atoms with Crippen molar-refractivity contribution in [1.29, 1.82) is 0 Å². The molecule has 1 atom stereocenters. The lowest BCUT2D eigenvalue weighted by molar-refractivity contribution is -0.323. The molecule has 0 heterocycles.